The lowest BCUT2D eigenvalue weighted by Crippen LogP contribution is -2.06. The normalized spacial score (nSPS) is 13.1. The quantitative estimate of drug-likeness (QED) is 0.678. The molecule has 0 radical (unpaired) electrons. The molecule has 15 heavy (non-hydrogen) atoms. The van der Waals surface area contributed by atoms with Crippen molar-refractivity contribution in [3.8, 4) is 0 Å². The zero-order valence-electron chi connectivity index (χ0n) is 10.1. The van der Waals surface area contributed by atoms with Crippen LogP contribution in [0.2, 0.25) is 0 Å². The van der Waals surface area contributed by atoms with Gasteiger partial charge in [-0.2, -0.15) is 0 Å². The highest BCUT2D eigenvalue weighted by Crippen LogP contribution is 2.27. The highest BCUT2D eigenvalue weighted by Gasteiger charge is 2.12. The van der Waals surface area contributed by atoms with Crippen LogP contribution in [0.25, 0.3) is 6.08 Å². The number of halogens is 1. The first kappa shape index (κ1) is 11.9. The monoisotopic (exact) mass is 207 g/mol. The lowest BCUT2D eigenvalue weighted by Gasteiger charge is -2.19. The molecule has 0 N–H and O–H groups in total. The molecule has 1 aromatic rings. The second-order valence-corrected chi connectivity index (χ2v) is 4.91. The molecule has 2 heteroatoms. The fraction of sp³-hybridized carbons (Fsp3) is 0.462. The Kier molecular flexibility index (Phi) is 3.28. The molecule has 0 fully saturated rings. The molecule has 1 heterocycles. The van der Waals surface area contributed by atoms with Gasteiger partial charge in [0.25, 0.3) is 0 Å². The van der Waals surface area contributed by atoms with Crippen molar-refractivity contribution in [2.45, 2.75) is 34.6 Å². The molecule has 0 amide bonds. The minimum Gasteiger partial charge on any atom is -0.258 e. The Bertz CT molecular complexity index is 386. The van der Waals surface area contributed by atoms with Crippen molar-refractivity contribution in [1.82, 2.24) is 4.98 Å². The number of aryl methyl sites for hydroxylation is 1. The van der Waals surface area contributed by atoms with Crippen LogP contribution < -0.4 is 0 Å². The van der Waals surface area contributed by atoms with Crippen molar-refractivity contribution in [2.75, 3.05) is 0 Å². The summed E-state index contributed by atoms with van der Waals surface area (Å²) in [5.74, 6) is -0.284. The Morgan fingerprint density at radius 2 is 2.00 bits per heavy atom. The molecular formula is C13H18FN. The Morgan fingerprint density at radius 3 is 2.53 bits per heavy atom. The third kappa shape index (κ3) is 3.15. The van der Waals surface area contributed by atoms with Gasteiger partial charge in [0, 0.05) is 5.69 Å². The third-order valence-electron chi connectivity index (χ3n) is 2.65. The summed E-state index contributed by atoms with van der Waals surface area (Å²) in [4.78, 5) is 3.99. The second kappa shape index (κ2) is 4.13. The molecule has 0 bridgehead atoms. The molecule has 0 saturated carbocycles. The van der Waals surface area contributed by atoms with Crippen molar-refractivity contribution in [1.29, 1.82) is 0 Å². The Balaban J connectivity index is 3.13. The van der Waals surface area contributed by atoms with Gasteiger partial charge in [0.15, 0.2) is 0 Å². The van der Waals surface area contributed by atoms with Crippen molar-refractivity contribution >= 4 is 6.08 Å². The number of hydrogen-bond donors (Lipinski definition) is 0. The third-order valence-corrected chi connectivity index (χ3v) is 2.65. The summed E-state index contributed by atoms with van der Waals surface area (Å²) in [7, 11) is 0. The van der Waals surface area contributed by atoms with Gasteiger partial charge >= 0.3 is 0 Å². The van der Waals surface area contributed by atoms with Crippen LogP contribution in [0.5, 0.6) is 0 Å². The van der Waals surface area contributed by atoms with Gasteiger partial charge in [0.1, 0.15) is 5.82 Å². The van der Waals surface area contributed by atoms with Crippen LogP contribution in [0.1, 0.15) is 39.0 Å². The summed E-state index contributed by atoms with van der Waals surface area (Å²) in [5.41, 5.74) is 3.05. The number of allylic oxidation sites excluding steroid dienone is 1. The van der Waals surface area contributed by atoms with Gasteiger partial charge in [-0.15, -0.1) is 0 Å². The summed E-state index contributed by atoms with van der Waals surface area (Å²) in [6.07, 6.45) is 3.25. The van der Waals surface area contributed by atoms with Gasteiger partial charge in [-0.1, -0.05) is 32.4 Å². The highest BCUT2D eigenvalue weighted by atomic mass is 19.1. The number of aromatic nitrogens is 1. The molecule has 0 atom stereocenters. The molecule has 0 unspecified atom stereocenters. The molecule has 0 aromatic carbocycles. The molecule has 0 aliphatic carbocycles. The molecule has 0 spiro atoms. The average molecular weight is 207 g/mol. The summed E-state index contributed by atoms with van der Waals surface area (Å²) >= 11 is 0. The zero-order valence-corrected chi connectivity index (χ0v) is 10.1. The van der Waals surface area contributed by atoms with E-state index in [0.29, 0.717) is 0 Å². The standard InChI is InChI=1S/C13H18FN/c1-9(13(3,4)5)6-11-7-12(14)8-15-10(11)2/h6-8H,1-5H3/b9-6+. The first-order valence-corrected chi connectivity index (χ1v) is 5.11. The lowest BCUT2D eigenvalue weighted by molar-refractivity contribution is 0.508. The fourth-order valence-corrected chi connectivity index (χ4v) is 1.12. The Labute approximate surface area is 91.0 Å². The lowest BCUT2D eigenvalue weighted by atomic mass is 9.86. The molecule has 82 valence electrons. The first-order valence-electron chi connectivity index (χ1n) is 5.11. The van der Waals surface area contributed by atoms with Crippen molar-refractivity contribution in [2.24, 2.45) is 5.41 Å². The summed E-state index contributed by atoms with van der Waals surface area (Å²) in [5, 5.41) is 0. The molecule has 0 aliphatic rings. The second-order valence-electron chi connectivity index (χ2n) is 4.91. The van der Waals surface area contributed by atoms with Crippen LogP contribution in [0, 0.1) is 18.2 Å². The molecule has 1 rings (SSSR count). The van der Waals surface area contributed by atoms with Gasteiger partial charge in [-0.05, 0) is 30.9 Å². The largest absolute Gasteiger partial charge is 0.258 e. The number of nitrogens with zero attached hydrogens (tertiary/aromatic N) is 1. The van der Waals surface area contributed by atoms with Crippen LogP contribution in [0.3, 0.4) is 0 Å². The van der Waals surface area contributed by atoms with Crippen LogP contribution in [0.4, 0.5) is 4.39 Å². The summed E-state index contributed by atoms with van der Waals surface area (Å²) in [6.45, 7) is 10.4. The molecule has 1 nitrogen and oxygen atoms in total. The van der Waals surface area contributed by atoms with E-state index in [1.165, 1.54) is 17.8 Å². The predicted molar refractivity (Wildman–Crippen MR) is 62.0 cm³/mol. The zero-order chi connectivity index (χ0) is 11.6. The van der Waals surface area contributed by atoms with Gasteiger partial charge < -0.3 is 0 Å². The van der Waals surface area contributed by atoms with Crippen molar-refractivity contribution in [3.63, 3.8) is 0 Å². The van der Waals surface area contributed by atoms with Crippen LogP contribution in [-0.4, -0.2) is 4.98 Å². The summed E-state index contributed by atoms with van der Waals surface area (Å²) in [6, 6.07) is 1.53. The van der Waals surface area contributed by atoms with E-state index in [0.717, 1.165) is 11.3 Å². The van der Waals surface area contributed by atoms with E-state index in [4.69, 9.17) is 0 Å². The van der Waals surface area contributed by atoms with E-state index in [2.05, 4.69) is 32.7 Å². The van der Waals surface area contributed by atoms with Crippen molar-refractivity contribution in [3.05, 3.63) is 34.9 Å². The molecular weight excluding hydrogens is 189 g/mol. The van der Waals surface area contributed by atoms with E-state index in [-0.39, 0.29) is 11.2 Å². The smallest absolute Gasteiger partial charge is 0.142 e. The van der Waals surface area contributed by atoms with Crippen LogP contribution in [-0.2, 0) is 0 Å². The predicted octanol–water partition coefficient (Wildman–Crippen LogP) is 3.98. The topological polar surface area (TPSA) is 12.9 Å². The maximum absolute atomic E-state index is 13.0. The van der Waals surface area contributed by atoms with Gasteiger partial charge in [-0.3, -0.25) is 4.98 Å². The van der Waals surface area contributed by atoms with Crippen molar-refractivity contribution < 1.29 is 4.39 Å². The number of rotatable bonds is 1. The summed E-state index contributed by atoms with van der Waals surface area (Å²) < 4.78 is 13.0. The number of pyridine rings is 1. The van der Waals surface area contributed by atoms with Gasteiger partial charge in [-0.25, -0.2) is 4.39 Å². The van der Waals surface area contributed by atoms with Crippen LogP contribution in [0.15, 0.2) is 17.8 Å². The highest BCUT2D eigenvalue weighted by molar-refractivity contribution is 5.55. The van der Waals surface area contributed by atoms with Gasteiger partial charge in [0.2, 0.25) is 0 Å². The average Bonchev–Trinajstić information content (AvgIpc) is 2.09. The van der Waals surface area contributed by atoms with E-state index < -0.39 is 0 Å². The van der Waals surface area contributed by atoms with E-state index >= 15 is 0 Å². The molecule has 0 aliphatic heterocycles. The SMILES string of the molecule is C/C(=C\c1cc(F)cnc1C)C(C)(C)C. The minimum absolute atomic E-state index is 0.110. The van der Waals surface area contributed by atoms with Crippen LogP contribution >= 0.6 is 0 Å². The first-order chi connectivity index (χ1) is 6.80. The van der Waals surface area contributed by atoms with E-state index in [9.17, 15) is 4.39 Å². The van der Waals surface area contributed by atoms with E-state index in [1.807, 2.05) is 13.0 Å². The fourth-order valence-electron chi connectivity index (χ4n) is 1.12. The molecule has 1 aromatic heterocycles. The number of hydrogen-bond acceptors (Lipinski definition) is 1. The Morgan fingerprint density at radius 1 is 1.40 bits per heavy atom. The van der Waals surface area contributed by atoms with Gasteiger partial charge in [0.05, 0.1) is 6.20 Å². The Hall–Kier alpha value is -1.18. The maximum Gasteiger partial charge on any atom is 0.142 e. The molecule has 0 saturated heterocycles. The minimum atomic E-state index is -0.284. The van der Waals surface area contributed by atoms with E-state index in [1.54, 1.807) is 0 Å². The maximum atomic E-state index is 13.0.